The Morgan fingerprint density at radius 2 is 1.72 bits per heavy atom. The maximum Gasteiger partial charge on any atom is 0.410 e. The Kier molecular flexibility index (Phi) is 8.07. The Labute approximate surface area is 231 Å². The van der Waals surface area contributed by atoms with E-state index in [0.717, 1.165) is 48.7 Å². The van der Waals surface area contributed by atoms with Gasteiger partial charge in [0.05, 0.1) is 0 Å². The van der Waals surface area contributed by atoms with Gasteiger partial charge in [0.1, 0.15) is 5.60 Å². The van der Waals surface area contributed by atoms with Crippen molar-refractivity contribution in [2.75, 3.05) is 62.6 Å². The van der Waals surface area contributed by atoms with Crippen molar-refractivity contribution in [3.63, 3.8) is 0 Å². The number of nitrogens with zero attached hydrogens (tertiary/aromatic N) is 5. The molecular weight excluding hydrogens is 492 g/mol. The van der Waals surface area contributed by atoms with Gasteiger partial charge in [0.15, 0.2) is 0 Å². The summed E-state index contributed by atoms with van der Waals surface area (Å²) in [5.41, 5.74) is 4.65. The molecule has 3 heterocycles. The summed E-state index contributed by atoms with van der Waals surface area (Å²) < 4.78 is 11.3. The van der Waals surface area contributed by atoms with Crippen LogP contribution in [-0.4, -0.2) is 84.0 Å². The second-order valence-corrected chi connectivity index (χ2v) is 11.4. The van der Waals surface area contributed by atoms with Crippen LogP contribution in [0, 0.1) is 6.92 Å². The van der Waals surface area contributed by atoms with Gasteiger partial charge in [0, 0.05) is 61.8 Å². The molecule has 1 amide bonds. The topological polar surface area (TPSA) is 87.0 Å². The number of benzene rings is 2. The van der Waals surface area contributed by atoms with E-state index in [-0.39, 0.29) is 6.09 Å². The van der Waals surface area contributed by atoms with Crippen molar-refractivity contribution in [2.45, 2.75) is 46.1 Å². The van der Waals surface area contributed by atoms with Crippen LogP contribution in [0.2, 0.25) is 0 Å². The predicted octanol–water partition coefficient (Wildman–Crippen LogP) is 5.28. The number of piperazine rings is 1. The van der Waals surface area contributed by atoms with Crippen LogP contribution in [0.15, 0.2) is 47.0 Å². The Bertz CT molecular complexity index is 1260. The third-order valence-electron chi connectivity index (χ3n) is 7.30. The van der Waals surface area contributed by atoms with Gasteiger partial charge in [0.2, 0.25) is 5.82 Å². The molecule has 1 aromatic heterocycles. The first-order valence-electron chi connectivity index (χ1n) is 14.0. The van der Waals surface area contributed by atoms with Gasteiger partial charge in [-0.2, -0.15) is 4.98 Å². The van der Waals surface area contributed by atoms with Gasteiger partial charge in [-0.1, -0.05) is 35.5 Å². The number of anilines is 2. The lowest BCUT2D eigenvalue weighted by atomic mass is 10.0. The van der Waals surface area contributed by atoms with Gasteiger partial charge >= 0.3 is 6.09 Å². The normalized spacial score (nSPS) is 16.5. The van der Waals surface area contributed by atoms with Crippen LogP contribution in [0.3, 0.4) is 0 Å². The van der Waals surface area contributed by atoms with Crippen molar-refractivity contribution in [3.8, 4) is 22.8 Å². The largest absolute Gasteiger partial charge is 0.444 e. The molecule has 0 atom stereocenters. The molecule has 2 aliphatic heterocycles. The van der Waals surface area contributed by atoms with Crippen LogP contribution in [0.5, 0.6) is 0 Å². The third kappa shape index (κ3) is 6.71. The van der Waals surface area contributed by atoms with Crippen molar-refractivity contribution in [1.29, 1.82) is 0 Å². The highest BCUT2D eigenvalue weighted by atomic mass is 16.6. The molecule has 9 nitrogen and oxygen atoms in total. The smallest absolute Gasteiger partial charge is 0.410 e. The number of hydrogen-bond donors (Lipinski definition) is 1. The van der Waals surface area contributed by atoms with E-state index in [0.29, 0.717) is 24.8 Å². The molecule has 2 saturated heterocycles. The number of carbonyl (C=O) groups is 1. The van der Waals surface area contributed by atoms with E-state index in [1.165, 1.54) is 31.5 Å². The van der Waals surface area contributed by atoms with E-state index in [1.807, 2.05) is 51.1 Å². The quantitative estimate of drug-likeness (QED) is 0.440. The third-order valence-corrected chi connectivity index (χ3v) is 7.30. The molecule has 5 rings (SSSR count). The van der Waals surface area contributed by atoms with E-state index in [4.69, 9.17) is 14.2 Å². The summed E-state index contributed by atoms with van der Waals surface area (Å²) in [6, 6.07) is 14.1. The lowest BCUT2D eigenvalue weighted by molar-refractivity contribution is 0.0240. The van der Waals surface area contributed by atoms with E-state index < -0.39 is 5.60 Å². The Morgan fingerprint density at radius 1 is 1.00 bits per heavy atom. The summed E-state index contributed by atoms with van der Waals surface area (Å²) in [5, 5.41) is 7.92. The first-order chi connectivity index (χ1) is 18.8. The zero-order valence-corrected chi connectivity index (χ0v) is 23.6. The van der Waals surface area contributed by atoms with Gasteiger partial charge in [-0.25, -0.2) is 4.79 Å². The van der Waals surface area contributed by atoms with Crippen molar-refractivity contribution >= 4 is 17.5 Å². The minimum atomic E-state index is -0.503. The molecule has 9 heteroatoms. The minimum absolute atomic E-state index is 0.254. The number of aromatic nitrogens is 2. The fraction of sp³-hybridized carbons (Fsp3) is 0.500. The summed E-state index contributed by atoms with van der Waals surface area (Å²) in [5.74, 6) is 1.06. The predicted molar refractivity (Wildman–Crippen MR) is 154 cm³/mol. The zero-order chi connectivity index (χ0) is 27.4. The molecule has 0 bridgehead atoms. The van der Waals surface area contributed by atoms with Gasteiger partial charge in [-0.3, -0.25) is 0 Å². The maximum atomic E-state index is 12.6. The summed E-state index contributed by atoms with van der Waals surface area (Å²) in [7, 11) is 0. The van der Waals surface area contributed by atoms with Crippen LogP contribution >= 0.6 is 0 Å². The number of amides is 1. The summed E-state index contributed by atoms with van der Waals surface area (Å²) in [6.45, 7) is 14.7. The highest BCUT2D eigenvalue weighted by molar-refractivity contribution is 5.76. The van der Waals surface area contributed by atoms with E-state index in [1.54, 1.807) is 4.90 Å². The molecule has 0 saturated carbocycles. The van der Waals surface area contributed by atoms with Gasteiger partial charge < -0.3 is 29.3 Å². The van der Waals surface area contributed by atoms with Gasteiger partial charge in [-0.15, -0.1) is 0 Å². The van der Waals surface area contributed by atoms with Crippen molar-refractivity contribution in [2.24, 2.45) is 0 Å². The Hall–Kier alpha value is -3.59. The fourth-order valence-corrected chi connectivity index (χ4v) is 5.19. The number of carbonyl (C=O) groups excluding carboxylic acids is 1. The van der Waals surface area contributed by atoms with Crippen LogP contribution in [0.1, 0.15) is 39.2 Å². The minimum Gasteiger partial charge on any atom is -0.444 e. The van der Waals surface area contributed by atoms with E-state index in [9.17, 15) is 4.79 Å². The molecule has 1 N–H and O–H groups in total. The molecular formula is C30H40N6O3. The lowest BCUT2D eigenvalue weighted by Crippen LogP contribution is -2.50. The molecule has 2 aromatic carbocycles. The summed E-state index contributed by atoms with van der Waals surface area (Å²) >= 11 is 0. The molecule has 39 heavy (non-hydrogen) atoms. The van der Waals surface area contributed by atoms with Crippen LogP contribution in [-0.2, 0) is 4.74 Å². The average Bonchev–Trinajstić information content (AvgIpc) is 3.62. The summed E-state index contributed by atoms with van der Waals surface area (Å²) in [4.78, 5) is 24.0. The second kappa shape index (κ2) is 11.7. The van der Waals surface area contributed by atoms with Crippen LogP contribution < -0.4 is 10.2 Å². The highest BCUT2D eigenvalue weighted by Gasteiger charge is 2.27. The Balaban J connectivity index is 1.37. The Morgan fingerprint density at radius 3 is 2.41 bits per heavy atom. The fourth-order valence-electron chi connectivity index (χ4n) is 5.19. The number of likely N-dealkylation sites (tertiary alicyclic amines) is 1. The molecule has 0 spiro atoms. The van der Waals surface area contributed by atoms with Crippen molar-refractivity contribution < 1.29 is 14.1 Å². The van der Waals surface area contributed by atoms with Crippen LogP contribution in [0.25, 0.3) is 22.8 Å². The maximum absolute atomic E-state index is 12.6. The standard InChI is InChI=1S/C30H40N6O3/c1-22-25(31-12-15-34-13-8-9-14-34)20-24(28-32-27(33-39-28)23-10-6-5-7-11-23)21-26(22)35-16-18-36(19-17-35)29(37)38-30(2,3)4/h5-7,10-11,20-21,31H,8-9,12-19H2,1-4H3. The van der Waals surface area contributed by atoms with E-state index in [2.05, 4.69) is 39.3 Å². The number of ether oxygens (including phenoxy) is 1. The van der Waals surface area contributed by atoms with Crippen molar-refractivity contribution in [3.05, 3.63) is 48.0 Å². The van der Waals surface area contributed by atoms with Gasteiger partial charge in [-0.05, 0) is 71.3 Å². The summed E-state index contributed by atoms with van der Waals surface area (Å²) in [6.07, 6.45) is 2.32. The molecule has 208 valence electrons. The number of rotatable bonds is 7. The number of hydrogen-bond acceptors (Lipinski definition) is 8. The second-order valence-electron chi connectivity index (χ2n) is 11.4. The molecule has 0 aliphatic carbocycles. The molecule has 3 aromatic rings. The van der Waals surface area contributed by atoms with Crippen molar-refractivity contribution in [1.82, 2.24) is 19.9 Å². The first kappa shape index (κ1) is 27.0. The highest BCUT2D eigenvalue weighted by Crippen LogP contribution is 2.34. The number of nitrogens with one attached hydrogen (secondary N) is 1. The van der Waals surface area contributed by atoms with Crippen LogP contribution in [0.4, 0.5) is 16.2 Å². The monoisotopic (exact) mass is 532 g/mol. The lowest BCUT2D eigenvalue weighted by Gasteiger charge is -2.37. The zero-order valence-electron chi connectivity index (χ0n) is 23.6. The van der Waals surface area contributed by atoms with Gasteiger partial charge in [0.25, 0.3) is 5.89 Å². The average molecular weight is 533 g/mol. The molecule has 0 radical (unpaired) electrons. The molecule has 0 unspecified atom stereocenters. The van der Waals surface area contributed by atoms with E-state index >= 15 is 0 Å². The SMILES string of the molecule is Cc1c(NCCN2CCCC2)cc(-c2nc(-c3ccccc3)no2)cc1N1CCN(C(=O)OC(C)(C)C)CC1. The molecule has 2 fully saturated rings. The molecule has 2 aliphatic rings. The first-order valence-corrected chi connectivity index (χ1v) is 14.0.